The number of methoxy groups -OCH3 is 2. The summed E-state index contributed by atoms with van der Waals surface area (Å²) in [6, 6.07) is 5.65. The number of rotatable bonds is 3. The van der Waals surface area contributed by atoms with Crippen LogP contribution in [0.1, 0.15) is 11.1 Å². The van der Waals surface area contributed by atoms with Gasteiger partial charge in [0.25, 0.3) is 0 Å². The summed E-state index contributed by atoms with van der Waals surface area (Å²) < 4.78 is 9.79. The minimum absolute atomic E-state index is 0.560. The van der Waals surface area contributed by atoms with Crippen LogP contribution in [0.15, 0.2) is 24.3 Å². The molecule has 0 heterocycles. The fourth-order valence-electron chi connectivity index (χ4n) is 2.05. The molecule has 1 aliphatic rings. The number of aliphatic hydroxyl groups is 1. The molecule has 1 atom stereocenters. The molecular formula is C13H14O4. The first-order valence-corrected chi connectivity index (χ1v) is 5.31. The van der Waals surface area contributed by atoms with Gasteiger partial charge in [-0.2, -0.15) is 0 Å². The fraction of sp³-hybridized carbons (Fsp3) is 0.308. The number of benzene rings is 1. The molecule has 0 radical (unpaired) electrons. The summed E-state index contributed by atoms with van der Waals surface area (Å²) in [6.45, 7) is 0. The number of carbonyl (C=O) groups is 1. The van der Waals surface area contributed by atoms with Crippen LogP contribution in [0.4, 0.5) is 0 Å². The summed E-state index contributed by atoms with van der Waals surface area (Å²) in [7, 11) is 2.82. The van der Waals surface area contributed by atoms with Crippen LogP contribution in [0.3, 0.4) is 0 Å². The molecule has 0 spiro atoms. The molecule has 1 aromatic rings. The number of aliphatic hydroxyl groups excluding tert-OH is 1. The normalized spacial score (nSPS) is 14.9. The lowest BCUT2D eigenvalue weighted by atomic mass is 10.0. The number of carbonyl (C=O) groups excluding carboxylic acids is 1. The van der Waals surface area contributed by atoms with E-state index < -0.39 is 12.1 Å². The molecule has 1 N–H and O–H groups in total. The Balaban J connectivity index is 2.41. The van der Waals surface area contributed by atoms with E-state index in [1.165, 1.54) is 7.11 Å². The van der Waals surface area contributed by atoms with E-state index in [-0.39, 0.29) is 0 Å². The van der Waals surface area contributed by atoms with Crippen LogP contribution in [-0.2, 0) is 16.0 Å². The zero-order valence-corrected chi connectivity index (χ0v) is 9.77. The summed E-state index contributed by atoms with van der Waals surface area (Å²) in [5.41, 5.74) is 2.40. The van der Waals surface area contributed by atoms with Crippen LogP contribution in [0.25, 0.3) is 5.57 Å². The van der Waals surface area contributed by atoms with E-state index in [4.69, 9.17) is 4.74 Å². The molecule has 1 unspecified atom stereocenters. The first kappa shape index (κ1) is 11.7. The maximum atomic E-state index is 11.4. The molecule has 1 aliphatic carbocycles. The number of ether oxygens (including phenoxy) is 2. The molecule has 1 aromatic carbocycles. The molecule has 2 rings (SSSR count). The van der Waals surface area contributed by atoms with Gasteiger partial charge in [0.1, 0.15) is 5.75 Å². The first-order valence-electron chi connectivity index (χ1n) is 5.31. The molecule has 0 saturated heterocycles. The second kappa shape index (κ2) is 4.59. The van der Waals surface area contributed by atoms with Crippen molar-refractivity contribution in [2.24, 2.45) is 0 Å². The summed E-state index contributed by atoms with van der Waals surface area (Å²) in [5, 5.41) is 9.89. The highest BCUT2D eigenvalue weighted by atomic mass is 16.5. The van der Waals surface area contributed by atoms with Gasteiger partial charge >= 0.3 is 5.97 Å². The molecule has 90 valence electrons. The van der Waals surface area contributed by atoms with Gasteiger partial charge in [-0.25, -0.2) is 4.79 Å². The second-order valence-corrected chi connectivity index (χ2v) is 3.78. The van der Waals surface area contributed by atoms with Crippen LogP contribution in [0.2, 0.25) is 0 Å². The van der Waals surface area contributed by atoms with Gasteiger partial charge in [0.2, 0.25) is 0 Å². The third-order valence-corrected chi connectivity index (χ3v) is 2.88. The summed E-state index contributed by atoms with van der Waals surface area (Å²) in [4.78, 5) is 11.4. The van der Waals surface area contributed by atoms with E-state index in [2.05, 4.69) is 4.74 Å². The SMILES string of the molecule is COC(=O)C(O)C1=CCc2cccc(OC)c21. The van der Waals surface area contributed by atoms with Crippen molar-refractivity contribution in [2.45, 2.75) is 12.5 Å². The molecule has 0 fully saturated rings. The average molecular weight is 234 g/mol. The maximum Gasteiger partial charge on any atom is 0.339 e. The van der Waals surface area contributed by atoms with Gasteiger partial charge in [0.15, 0.2) is 6.10 Å². The number of hydrogen-bond acceptors (Lipinski definition) is 4. The van der Waals surface area contributed by atoms with Gasteiger partial charge in [-0.05, 0) is 23.6 Å². The molecule has 4 nitrogen and oxygen atoms in total. The Hall–Kier alpha value is -1.81. The second-order valence-electron chi connectivity index (χ2n) is 3.78. The molecule has 0 bridgehead atoms. The van der Waals surface area contributed by atoms with Crippen LogP contribution >= 0.6 is 0 Å². The Bertz CT molecular complexity index is 476. The van der Waals surface area contributed by atoms with Crippen LogP contribution < -0.4 is 4.74 Å². The Morgan fingerprint density at radius 3 is 2.82 bits per heavy atom. The lowest BCUT2D eigenvalue weighted by Gasteiger charge is -2.14. The summed E-state index contributed by atoms with van der Waals surface area (Å²) >= 11 is 0. The van der Waals surface area contributed by atoms with Crippen molar-refractivity contribution >= 4 is 11.5 Å². The zero-order chi connectivity index (χ0) is 12.4. The summed E-state index contributed by atoms with van der Waals surface area (Å²) in [5.74, 6) is 0.00390. The number of fused-ring (bicyclic) bond motifs is 1. The largest absolute Gasteiger partial charge is 0.496 e. The van der Waals surface area contributed by atoms with Crippen molar-refractivity contribution in [3.8, 4) is 5.75 Å². The number of hydrogen-bond donors (Lipinski definition) is 1. The van der Waals surface area contributed by atoms with E-state index in [0.717, 1.165) is 11.1 Å². The van der Waals surface area contributed by atoms with Crippen molar-refractivity contribution < 1.29 is 19.4 Å². The van der Waals surface area contributed by atoms with Crippen molar-refractivity contribution in [1.82, 2.24) is 0 Å². The van der Waals surface area contributed by atoms with Crippen LogP contribution in [0, 0.1) is 0 Å². The van der Waals surface area contributed by atoms with E-state index in [1.807, 2.05) is 24.3 Å². The Labute approximate surface area is 99.5 Å². The molecule has 0 aliphatic heterocycles. The van der Waals surface area contributed by atoms with Gasteiger partial charge in [-0.3, -0.25) is 0 Å². The van der Waals surface area contributed by atoms with Gasteiger partial charge in [-0.1, -0.05) is 18.2 Å². The van der Waals surface area contributed by atoms with Crippen molar-refractivity contribution in [3.05, 3.63) is 35.4 Å². The Morgan fingerprint density at radius 2 is 2.18 bits per heavy atom. The third kappa shape index (κ3) is 1.91. The van der Waals surface area contributed by atoms with Gasteiger partial charge in [-0.15, -0.1) is 0 Å². The average Bonchev–Trinajstić information content (AvgIpc) is 2.80. The van der Waals surface area contributed by atoms with Crippen molar-refractivity contribution in [1.29, 1.82) is 0 Å². The highest BCUT2D eigenvalue weighted by Crippen LogP contribution is 2.37. The van der Waals surface area contributed by atoms with Crippen molar-refractivity contribution in [2.75, 3.05) is 14.2 Å². The highest BCUT2D eigenvalue weighted by molar-refractivity contribution is 5.94. The monoisotopic (exact) mass is 234 g/mol. The maximum absolute atomic E-state index is 11.4. The fourth-order valence-corrected chi connectivity index (χ4v) is 2.05. The number of allylic oxidation sites excluding steroid dienone is 1. The standard InChI is InChI=1S/C13H14O4/c1-16-10-5-3-4-8-6-7-9(11(8)10)12(14)13(15)17-2/h3-5,7,12,14H,6H2,1-2H3. The molecular weight excluding hydrogens is 220 g/mol. The lowest BCUT2D eigenvalue weighted by Crippen LogP contribution is -2.23. The van der Waals surface area contributed by atoms with Crippen molar-refractivity contribution in [3.63, 3.8) is 0 Å². The van der Waals surface area contributed by atoms with Crippen LogP contribution in [-0.4, -0.2) is 31.4 Å². The highest BCUT2D eigenvalue weighted by Gasteiger charge is 2.28. The molecule has 4 heteroatoms. The molecule has 0 aromatic heterocycles. The minimum Gasteiger partial charge on any atom is -0.496 e. The first-order chi connectivity index (χ1) is 8.19. The van der Waals surface area contributed by atoms with E-state index in [1.54, 1.807) is 7.11 Å². The summed E-state index contributed by atoms with van der Waals surface area (Å²) in [6.07, 6.45) is 1.27. The quantitative estimate of drug-likeness (QED) is 0.798. The number of esters is 1. The predicted octanol–water partition coefficient (Wildman–Crippen LogP) is 1.17. The lowest BCUT2D eigenvalue weighted by molar-refractivity contribution is -0.147. The molecule has 0 saturated carbocycles. The van der Waals surface area contributed by atoms with Gasteiger partial charge in [0.05, 0.1) is 14.2 Å². The van der Waals surface area contributed by atoms with E-state index in [0.29, 0.717) is 17.7 Å². The smallest absolute Gasteiger partial charge is 0.339 e. The Kier molecular flexibility index (Phi) is 3.15. The predicted molar refractivity (Wildman–Crippen MR) is 62.7 cm³/mol. The topological polar surface area (TPSA) is 55.8 Å². The zero-order valence-electron chi connectivity index (χ0n) is 9.77. The van der Waals surface area contributed by atoms with E-state index in [9.17, 15) is 9.90 Å². The Morgan fingerprint density at radius 1 is 1.41 bits per heavy atom. The third-order valence-electron chi connectivity index (χ3n) is 2.88. The molecule has 17 heavy (non-hydrogen) atoms. The van der Waals surface area contributed by atoms with E-state index >= 15 is 0 Å². The van der Waals surface area contributed by atoms with Gasteiger partial charge < -0.3 is 14.6 Å². The minimum atomic E-state index is -1.25. The van der Waals surface area contributed by atoms with Gasteiger partial charge in [0, 0.05) is 5.56 Å². The van der Waals surface area contributed by atoms with Crippen LogP contribution in [0.5, 0.6) is 5.75 Å². The molecule has 0 amide bonds.